The molecule has 2 atom stereocenters. The van der Waals surface area contributed by atoms with Crippen molar-refractivity contribution in [3.8, 4) is 0 Å². The van der Waals surface area contributed by atoms with Gasteiger partial charge < -0.3 is 20.1 Å². The molecular weight excluding hydrogens is 240 g/mol. The van der Waals surface area contributed by atoms with Crippen molar-refractivity contribution in [3.05, 3.63) is 0 Å². The first-order valence-electron chi connectivity index (χ1n) is 7.79. The molecule has 0 aromatic carbocycles. The van der Waals surface area contributed by atoms with Crippen molar-refractivity contribution >= 4 is 0 Å². The maximum Gasteiger partial charge on any atom is 0.0698 e. The molecule has 0 spiro atoms. The Morgan fingerprint density at radius 3 is 2.79 bits per heavy atom. The number of aliphatic hydroxyl groups excluding tert-OH is 1. The highest BCUT2D eigenvalue weighted by atomic mass is 16.5. The Balaban J connectivity index is 1.66. The molecule has 0 amide bonds. The fourth-order valence-electron chi connectivity index (χ4n) is 3.02. The molecule has 2 unspecified atom stereocenters. The Morgan fingerprint density at radius 2 is 2.16 bits per heavy atom. The van der Waals surface area contributed by atoms with Crippen molar-refractivity contribution in [1.29, 1.82) is 0 Å². The Kier molecular flexibility index (Phi) is 5.63. The highest BCUT2D eigenvalue weighted by molar-refractivity contribution is 4.92. The summed E-state index contributed by atoms with van der Waals surface area (Å²) in [4.78, 5) is 2.51. The van der Waals surface area contributed by atoms with Crippen LogP contribution in [0.5, 0.6) is 0 Å². The van der Waals surface area contributed by atoms with E-state index in [0.717, 1.165) is 25.9 Å². The van der Waals surface area contributed by atoms with Gasteiger partial charge in [-0.2, -0.15) is 0 Å². The summed E-state index contributed by atoms with van der Waals surface area (Å²) in [6.07, 6.45) is 7.61. The van der Waals surface area contributed by atoms with Gasteiger partial charge in [0, 0.05) is 25.2 Å². The number of likely N-dealkylation sites (tertiary alicyclic amines) is 1. The molecule has 2 rings (SSSR count). The quantitative estimate of drug-likeness (QED) is 0.699. The Bertz CT molecular complexity index is 271. The van der Waals surface area contributed by atoms with Crippen molar-refractivity contribution in [2.45, 2.75) is 63.1 Å². The van der Waals surface area contributed by atoms with Crippen molar-refractivity contribution in [2.24, 2.45) is 0 Å². The number of piperidine rings is 1. The summed E-state index contributed by atoms with van der Waals surface area (Å²) < 4.78 is 5.46. The average molecular weight is 270 g/mol. The van der Waals surface area contributed by atoms with Crippen molar-refractivity contribution in [2.75, 3.05) is 33.4 Å². The van der Waals surface area contributed by atoms with E-state index >= 15 is 0 Å². The molecule has 2 aliphatic rings. The van der Waals surface area contributed by atoms with Crippen LogP contribution in [-0.4, -0.2) is 61.0 Å². The molecule has 2 fully saturated rings. The lowest BCUT2D eigenvalue weighted by Gasteiger charge is -2.34. The van der Waals surface area contributed by atoms with Crippen LogP contribution in [0.4, 0.5) is 0 Å². The van der Waals surface area contributed by atoms with Crippen molar-refractivity contribution < 1.29 is 9.84 Å². The van der Waals surface area contributed by atoms with Crippen LogP contribution in [0.25, 0.3) is 0 Å². The van der Waals surface area contributed by atoms with Gasteiger partial charge in [-0.25, -0.2) is 0 Å². The van der Waals surface area contributed by atoms with Crippen LogP contribution in [0.1, 0.15) is 45.4 Å². The van der Waals surface area contributed by atoms with Crippen LogP contribution in [-0.2, 0) is 4.74 Å². The van der Waals surface area contributed by atoms with Gasteiger partial charge in [-0.1, -0.05) is 0 Å². The maximum absolute atomic E-state index is 9.58. The van der Waals surface area contributed by atoms with Crippen LogP contribution in [0.2, 0.25) is 0 Å². The van der Waals surface area contributed by atoms with Crippen LogP contribution < -0.4 is 5.32 Å². The van der Waals surface area contributed by atoms with Gasteiger partial charge in [-0.05, 0) is 58.5 Å². The zero-order valence-electron chi connectivity index (χ0n) is 12.5. The van der Waals surface area contributed by atoms with Crippen LogP contribution in [0.3, 0.4) is 0 Å². The van der Waals surface area contributed by atoms with Gasteiger partial charge in [-0.3, -0.25) is 0 Å². The highest BCUT2D eigenvalue weighted by Gasteiger charge is 2.31. The third-order valence-corrected chi connectivity index (χ3v) is 4.48. The monoisotopic (exact) mass is 270 g/mol. The van der Waals surface area contributed by atoms with E-state index in [9.17, 15) is 5.11 Å². The summed E-state index contributed by atoms with van der Waals surface area (Å²) in [5.41, 5.74) is -0.0857. The Hall–Kier alpha value is -0.160. The van der Waals surface area contributed by atoms with E-state index in [1.807, 2.05) is 7.11 Å². The summed E-state index contributed by atoms with van der Waals surface area (Å²) in [6.45, 7) is 5.79. The lowest BCUT2D eigenvalue weighted by molar-refractivity contribution is 0.0296. The van der Waals surface area contributed by atoms with Crippen LogP contribution in [0, 0.1) is 0 Å². The zero-order chi connectivity index (χ0) is 13.7. The first-order valence-corrected chi connectivity index (χ1v) is 7.79. The number of hydrogen-bond donors (Lipinski definition) is 2. The van der Waals surface area contributed by atoms with Crippen molar-refractivity contribution in [3.63, 3.8) is 0 Å². The number of hydrogen-bond acceptors (Lipinski definition) is 4. The smallest absolute Gasteiger partial charge is 0.0698 e. The predicted molar refractivity (Wildman–Crippen MR) is 77.4 cm³/mol. The minimum atomic E-state index is -0.0857. The second-order valence-corrected chi connectivity index (χ2v) is 6.54. The van der Waals surface area contributed by atoms with Crippen LogP contribution >= 0.6 is 0 Å². The number of nitrogens with one attached hydrogen (secondary N) is 1. The maximum atomic E-state index is 9.58. The van der Waals surface area contributed by atoms with Crippen LogP contribution in [0.15, 0.2) is 0 Å². The molecule has 0 aromatic rings. The third-order valence-electron chi connectivity index (χ3n) is 4.48. The second-order valence-electron chi connectivity index (χ2n) is 6.54. The van der Waals surface area contributed by atoms with Gasteiger partial charge in [0.15, 0.2) is 0 Å². The molecule has 2 N–H and O–H groups in total. The fraction of sp³-hybridized carbons (Fsp3) is 1.00. The fourth-order valence-corrected chi connectivity index (χ4v) is 3.02. The van der Waals surface area contributed by atoms with E-state index in [1.165, 1.54) is 32.2 Å². The van der Waals surface area contributed by atoms with Gasteiger partial charge in [0.05, 0.1) is 12.7 Å². The molecule has 4 heteroatoms. The molecule has 0 bridgehead atoms. The van der Waals surface area contributed by atoms with Gasteiger partial charge in [0.2, 0.25) is 0 Å². The summed E-state index contributed by atoms with van der Waals surface area (Å²) in [5, 5.41) is 13.2. The molecule has 0 radical (unpaired) electrons. The molecule has 1 aliphatic heterocycles. The molecule has 1 heterocycles. The zero-order valence-corrected chi connectivity index (χ0v) is 12.5. The standard InChI is InChI=1S/C15H30N2O2/c1-15(12-18,16-13-6-7-13)8-4-10-17-9-3-5-14(11-17)19-2/h13-14,16,18H,3-12H2,1-2H3. The molecule has 1 saturated carbocycles. The van der Waals surface area contributed by atoms with E-state index in [-0.39, 0.29) is 12.1 Å². The predicted octanol–water partition coefficient (Wildman–Crippen LogP) is 1.38. The first-order chi connectivity index (χ1) is 9.15. The molecule has 1 saturated heterocycles. The van der Waals surface area contributed by atoms with E-state index in [4.69, 9.17) is 4.74 Å². The topological polar surface area (TPSA) is 44.7 Å². The Morgan fingerprint density at radius 1 is 1.37 bits per heavy atom. The molecule has 4 nitrogen and oxygen atoms in total. The average Bonchev–Trinajstić information content (AvgIpc) is 3.23. The number of rotatable bonds is 8. The number of nitrogens with zero attached hydrogens (tertiary/aromatic N) is 1. The van der Waals surface area contributed by atoms with Gasteiger partial charge in [0.25, 0.3) is 0 Å². The Labute approximate surface area is 117 Å². The molecule has 112 valence electrons. The molecule has 19 heavy (non-hydrogen) atoms. The van der Waals surface area contributed by atoms with Gasteiger partial charge in [-0.15, -0.1) is 0 Å². The van der Waals surface area contributed by atoms with E-state index < -0.39 is 0 Å². The van der Waals surface area contributed by atoms with E-state index in [2.05, 4.69) is 17.1 Å². The SMILES string of the molecule is COC1CCCN(CCCC(C)(CO)NC2CC2)C1. The summed E-state index contributed by atoms with van der Waals surface area (Å²) in [7, 11) is 1.82. The van der Waals surface area contributed by atoms with E-state index in [1.54, 1.807) is 0 Å². The first kappa shape index (κ1) is 15.2. The summed E-state index contributed by atoms with van der Waals surface area (Å²) in [6, 6.07) is 0.657. The second kappa shape index (κ2) is 7.02. The van der Waals surface area contributed by atoms with E-state index in [0.29, 0.717) is 12.1 Å². The number of methoxy groups -OCH3 is 1. The number of ether oxygens (including phenoxy) is 1. The third kappa shape index (κ3) is 5.03. The van der Waals surface area contributed by atoms with Gasteiger partial charge >= 0.3 is 0 Å². The largest absolute Gasteiger partial charge is 0.394 e. The highest BCUT2D eigenvalue weighted by Crippen LogP contribution is 2.24. The number of aliphatic hydroxyl groups is 1. The molecule has 1 aliphatic carbocycles. The van der Waals surface area contributed by atoms with Crippen molar-refractivity contribution in [1.82, 2.24) is 10.2 Å². The minimum Gasteiger partial charge on any atom is -0.394 e. The summed E-state index contributed by atoms with van der Waals surface area (Å²) >= 11 is 0. The normalized spacial score (nSPS) is 28.3. The lowest BCUT2D eigenvalue weighted by Crippen LogP contribution is -2.47. The molecule has 0 aromatic heterocycles. The minimum absolute atomic E-state index is 0.0857. The van der Waals surface area contributed by atoms with Gasteiger partial charge in [0.1, 0.15) is 0 Å². The lowest BCUT2D eigenvalue weighted by atomic mass is 9.96. The molecular formula is C15H30N2O2. The summed E-state index contributed by atoms with van der Waals surface area (Å²) in [5.74, 6) is 0.